The summed E-state index contributed by atoms with van der Waals surface area (Å²) < 4.78 is 33.3. The van der Waals surface area contributed by atoms with Gasteiger partial charge >= 0.3 is 11.8 Å². The number of likely N-dealkylation sites (tertiary alicyclic amines) is 1. The first-order valence-corrected chi connectivity index (χ1v) is 12.5. The number of amides is 1. The lowest BCUT2D eigenvalue weighted by molar-refractivity contribution is 0.0711. The van der Waals surface area contributed by atoms with E-state index in [9.17, 15) is 13.2 Å². The topological polar surface area (TPSA) is 96.6 Å². The molecule has 0 spiro atoms. The number of aryl methyl sites for hydroxylation is 2. The SMILES string of the molecule is Cc1cccc(N(C)S(=O)(=O)c2cc(-c3noc(C(=O)N4CCCCCC4)n3)ccc2C)c1. The minimum absolute atomic E-state index is 0.0752. The molecule has 1 aliphatic rings. The second-order valence-electron chi connectivity index (χ2n) is 8.42. The van der Waals surface area contributed by atoms with Gasteiger partial charge in [0.1, 0.15) is 0 Å². The fraction of sp³-hybridized carbons (Fsp3) is 0.375. The standard InChI is InChI=1S/C24H28N4O4S/c1-17-9-8-10-20(15-17)27(3)33(30,31)21-16-19(12-11-18(21)2)22-25-23(32-26-22)24(29)28-13-6-4-5-7-14-28/h8-12,15-16H,4-7,13-14H2,1-3H3. The highest BCUT2D eigenvalue weighted by Crippen LogP contribution is 2.28. The summed E-state index contributed by atoms with van der Waals surface area (Å²) in [6.45, 7) is 5.01. The van der Waals surface area contributed by atoms with Gasteiger partial charge < -0.3 is 9.42 Å². The smallest absolute Gasteiger partial charge is 0.316 e. The van der Waals surface area contributed by atoms with Gasteiger partial charge in [-0.15, -0.1) is 0 Å². The van der Waals surface area contributed by atoms with Gasteiger partial charge in [0.2, 0.25) is 5.82 Å². The Hall–Kier alpha value is -3.20. The number of benzene rings is 2. The maximum absolute atomic E-state index is 13.4. The molecule has 33 heavy (non-hydrogen) atoms. The van der Waals surface area contributed by atoms with Crippen molar-refractivity contribution in [2.24, 2.45) is 0 Å². The van der Waals surface area contributed by atoms with E-state index in [2.05, 4.69) is 10.1 Å². The molecule has 1 aromatic heterocycles. The van der Waals surface area contributed by atoms with Crippen LogP contribution in [0.15, 0.2) is 51.9 Å². The molecular weight excluding hydrogens is 440 g/mol. The predicted octanol–water partition coefficient (Wildman–Crippen LogP) is 4.19. The molecule has 1 fully saturated rings. The molecule has 2 aromatic carbocycles. The maximum atomic E-state index is 13.4. The predicted molar refractivity (Wildman–Crippen MR) is 126 cm³/mol. The molecule has 0 saturated carbocycles. The highest BCUT2D eigenvalue weighted by molar-refractivity contribution is 7.92. The minimum atomic E-state index is -3.83. The van der Waals surface area contributed by atoms with Crippen LogP contribution in [0, 0.1) is 13.8 Å². The Kier molecular flexibility index (Phi) is 6.51. The second-order valence-corrected chi connectivity index (χ2v) is 10.4. The fourth-order valence-corrected chi connectivity index (χ4v) is 5.40. The van der Waals surface area contributed by atoms with Crippen LogP contribution in [0.25, 0.3) is 11.4 Å². The number of aromatic nitrogens is 2. The van der Waals surface area contributed by atoms with Crippen molar-refractivity contribution in [3.63, 3.8) is 0 Å². The van der Waals surface area contributed by atoms with Gasteiger partial charge in [-0.3, -0.25) is 9.10 Å². The third kappa shape index (κ3) is 4.78. The van der Waals surface area contributed by atoms with Crippen molar-refractivity contribution in [2.75, 3.05) is 24.4 Å². The lowest BCUT2D eigenvalue weighted by Gasteiger charge is -2.21. The highest BCUT2D eigenvalue weighted by Gasteiger charge is 2.26. The molecule has 1 amide bonds. The first kappa shape index (κ1) is 23.0. The molecule has 0 unspecified atom stereocenters. The Labute approximate surface area is 194 Å². The van der Waals surface area contributed by atoms with Crippen LogP contribution < -0.4 is 4.31 Å². The third-order valence-corrected chi connectivity index (χ3v) is 7.88. The van der Waals surface area contributed by atoms with Crippen LogP contribution in [0.2, 0.25) is 0 Å². The van der Waals surface area contributed by atoms with Gasteiger partial charge in [0.05, 0.1) is 10.6 Å². The minimum Gasteiger partial charge on any atom is -0.334 e. The lowest BCUT2D eigenvalue weighted by Crippen LogP contribution is -2.32. The zero-order chi connectivity index (χ0) is 23.6. The molecule has 0 aliphatic carbocycles. The first-order valence-electron chi connectivity index (χ1n) is 11.1. The second kappa shape index (κ2) is 9.35. The van der Waals surface area contributed by atoms with E-state index in [1.165, 1.54) is 17.4 Å². The van der Waals surface area contributed by atoms with Crippen LogP contribution in [-0.2, 0) is 10.0 Å². The van der Waals surface area contributed by atoms with Gasteiger partial charge in [-0.05, 0) is 56.0 Å². The number of nitrogens with zero attached hydrogens (tertiary/aromatic N) is 4. The van der Waals surface area contributed by atoms with Crippen LogP contribution in [0.3, 0.4) is 0 Å². The summed E-state index contributed by atoms with van der Waals surface area (Å²) in [6, 6.07) is 12.3. The normalized spacial score (nSPS) is 14.7. The van der Waals surface area contributed by atoms with E-state index in [1.54, 1.807) is 30.0 Å². The fourth-order valence-electron chi connectivity index (χ4n) is 3.96. The van der Waals surface area contributed by atoms with Gasteiger partial charge in [-0.2, -0.15) is 4.98 Å². The Morgan fingerprint density at radius 2 is 1.76 bits per heavy atom. The number of rotatable bonds is 5. The van der Waals surface area contributed by atoms with Crippen molar-refractivity contribution in [1.29, 1.82) is 0 Å². The Morgan fingerprint density at radius 1 is 1.03 bits per heavy atom. The largest absolute Gasteiger partial charge is 0.334 e. The summed E-state index contributed by atoms with van der Waals surface area (Å²) in [7, 11) is -2.30. The van der Waals surface area contributed by atoms with Crippen molar-refractivity contribution >= 4 is 21.6 Å². The Morgan fingerprint density at radius 3 is 2.45 bits per heavy atom. The number of carbonyl (C=O) groups excluding carboxylic acids is 1. The van der Waals surface area contributed by atoms with Gasteiger partial charge in [0.15, 0.2) is 0 Å². The van der Waals surface area contributed by atoms with Crippen molar-refractivity contribution < 1.29 is 17.7 Å². The molecule has 0 N–H and O–H groups in total. The van der Waals surface area contributed by atoms with Crippen LogP contribution in [0.5, 0.6) is 0 Å². The summed E-state index contributed by atoms with van der Waals surface area (Å²) >= 11 is 0. The van der Waals surface area contributed by atoms with E-state index >= 15 is 0 Å². The average molecular weight is 469 g/mol. The monoisotopic (exact) mass is 468 g/mol. The van der Waals surface area contributed by atoms with E-state index in [-0.39, 0.29) is 22.5 Å². The quantitative estimate of drug-likeness (QED) is 0.557. The van der Waals surface area contributed by atoms with Crippen molar-refractivity contribution in [3.05, 3.63) is 59.5 Å². The molecule has 2 heterocycles. The van der Waals surface area contributed by atoms with Crippen LogP contribution >= 0.6 is 0 Å². The van der Waals surface area contributed by atoms with Crippen LogP contribution in [-0.4, -0.2) is 49.5 Å². The van der Waals surface area contributed by atoms with E-state index in [1.807, 2.05) is 25.1 Å². The molecular formula is C24H28N4O4S. The third-order valence-electron chi connectivity index (χ3n) is 5.95. The highest BCUT2D eigenvalue weighted by atomic mass is 32.2. The Bertz CT molecular complexity index is 1260. The zero-order valence-corrected chi connectivity index (χ0v) is 19.9. The molecule has 3 aromatic rings. The summed E-state index contributed by atoms with van der Waals surface area (Å²) in [5, 5.41) is 3.95. The lowest BCUT2D eigenvalue weighted by atomic mass is 10.1. The molecule has 1 saturated heterocycles. The number of anilines is 1. The van der Waals surface area contributed by atoms with Gasteiger partial charge in [-0.1, -0.05) is 42.3 Å². The number of hydrogen-bond donors (Lipinski definition) is 0. The molecule has 0 bridgehead atoms. The van der Waals surface area contributed by atoms with Crippen LogP contribution in [0.1, 0.15) is 47.5 Å². The molecule has 8 nitrogen and oxygen atoms in total. The Balaban J connectivity index is 1.63. The molecule has 1 aliphatic heterocycles. The summed E-state index contributed by atoms with van der Waals surface area (Å²) in [6.07, 6.45) is 4.13. The van der Waals surface area contributed by atoms with Crippen molar-refractivity contribution in [3.8, 4) is 11.4 Å². The summed E-state index contributed by atoms with van der Waals surface area (Å²) in [5.74, 6) is -0.175. The van der Waals surface area contributed by atoms with Crippen molar-refractivity contribution in [1.82, 2.24) is 15.0 Å². The maximum Gasteiger partial charge on any atom is 0.316 e. The van der Waals surface area contributed by atoms with E-state index in [0.717, 1.165) is 31.2 Å². The molecule has 174 valence electrons. The number of carbonyl (C=O) groups is 1. The van der Waals surface area contributed by atoms with E-state index in [4.69, 9.17) is 4.52 Å². The first-order chi connectivity index (χ1) is 15.8. The molecule has 0 atom stereocenters. The molecule has 0 radical (unpaired) electrons. The summed E-state index contributed by atoms with van der Waals surface area (Å²) in [4.78, 5) is 18.9. The summed E-state index contributed by atoms with van der Waals surface area (Å²) in [5.41, 5.74) is 2.61. The molecule has 4 rings (SSSR count). The van der Waals surface area contributed by atoms with Gasteiger partial charge in [-0.25, -0.2) is 8.42 Å². The van der Waals surface area contributed by atoms with E-state index in [0.29, 0.717) is 29.9 Å². The molecule has 9 heteroatoms. The van der Waals surface area contributed by atoms with Gasteiger partial charge in [0, 0.05) is 25.7 Å². The zero-order valence-electron chi connectivity index (χ0n) is 19.1. The van der Waals surface area contributed by atoms with Crippen molar-refractivity contribution in [2.45, 2.75) is 44.4 Å². The van der Waals surface area contributed by atoms with E-state index < -0.39 is 10.0 Å². The van der Waals surface area contributed by atoms with Gasteiger partial charge in [0.25, 0.3) is 10.0 Å². The average Bonchev–Trinajstić information content (AvgIpc) is 3.13. The number of sulfonamides is 1. The van der Waals surface area contributed by atoms with Crippen LogP contribution in [0.4, 0.5) is 5.69 Å². The number of hydrogen-bond acceptors (Lipinski definition) is 6.